The van der Waals surface area contributed by atoms with Gasteiger partial charge in [-0.15, -0.1) is 0 Å². The van der Waals surface area contributed by atoms with Gasteiger partial charge in [-0.2, -0.15) is 0 Å². The highest BCUT2D eigenvalue weighted by Crippen LogP contribution is 2.12. The SMILES string of the molecule is COc1ccc(CN(C)CC(=O)N2CCNC2=O)cc1. The highest BCUT2D eigenvalue weighted by Gasteiger charge is 2.26. The second-order valence-electron chi connectivity index (χ2n) is 4.80. The molecule has 0 spiro atoms. The fourth-order valence-corrected chi connectivity index (χ4v) is 2.12. The Morgan fingerprint density at radius 2 is 2.10 bits per heavy atom. The van der Waals surface area contributed by atoms with Gasteiger partial charge in [-0.05, 0) is 24.7 Å². The molecule has 1 aromatic rings. The standard InChI is InChI=1S/C14H19N3O3/c1-16(9-11-3-5-12(20-2)6-4-11)10-13(18)17-8-7-15-14(17)19/h3-6H,7-10H2,1-2H3,(H,15,19). The number of nitrogens with zero attached hydrogens (tertiary/aromatic N) is 2. The number of hydrogen-bond donors (Lipinski definition) is 1. The summed E-state index contributed by atoms with van der Waals surface area (Å²) in [5.74, 6) is 0.636. The minimum absolute atomic E-state index is 0.170. The number of imide groups is 1. The van der Waals surface area contributed by atoms with Crippen molar-refractivity contribution in [2.24, 2.45) is 0 Å². The number of amides is 3. The van der Waals surface area contributed by atoms with Crippen molar-refractivity contribution in [3.05, 3.63) is 29.8 Å². The molecule has 1 aliphatic rings. The first kappa shape index (κ1) is 14.3. The van der Waals surface area contributed by atoms with Crippen LogP contribution in [-0.4, -0.2) is 55.5 Å². The van der Waals surface area contributed by atoms with Gasteiger partial charge < -0.3 is 10.1 Å². The van der Waals surface area contributed by atoms with E-state index in [0.717, 1.165) is 11.3 Å². The van der Waals surface area contributed by atoms with Gasteiger partial charge in [0.15, 0.2) is 0 Å². The quantitative estimate of drug-likeness (QED) is 0.859. The summed E-state index contributed by atoms with van der Waals surface area (Å²) in [4.78, 5) is 26.5. The molecule has 20 heavy (non-hydrogen) atoms. The number of benzene rings is 1. The number of urea groups is 1. The zero-order chi connectivity index (χ0) is 14.5. The molecule has 1 fully saturated rings. The molecule has 0 aromatic heterocycles. The minimum atomic E-state index is -0.298. The number of rotatable bonds is 5. The third-order valence-electron chi connectivity index (χ3n) is 3.17. The van der Waals surface area contributed by atoms with Crippen LogP contribution in [0.15, 0.2) is 24.3 Å². The molecule has 0 aliphatic carbocycles. The van der Waals surface area contributed by atoms with Gasteiger partial charge in [-0.25, -0.2) is 4.79 Å². The average molecular weight is 277 g/mol. The molecule has 1 aliphatic heterocycles. The number of hydrogen-bond acceptors (Lipinski definition) is 4. The van der Waals surface area contributed by atoms with Crippen LogP contribution < -0.4 is 10.1 Å². The van der Waals surface area contributed by atoms with Crippen LogP contribution in [0.25, 0.3) is 0 Å². The van der Waals surface area contributed by atoms with Crippen molar-refractivity contribution in [1.82, 2.24) is 15.1 Å². The molecule has 0 saturated carbocycles. The van der Waals surface area contributed by atoms with E-state index in [1.54, 1.807) is 7.11 Å². The molecule has 0 unspecified atom stereocenters. The Labute approximate surface area is 118 Å². The first-order chi connectivity index (χ1) is 9.60. The molecule has 6 heteroatoms. The van der Waals surface area contributed by atoms with E-state index in [1.165, 1.54) is 4.90 Å². The second kappa shape index (κ2) is 6.38. The van der Waals surface area contributed by atoms with Crippen LogP contribution in [0.5, 0.6) is 5.75 Å². The number of nitrogens with one attached hydrogen (secondary N) is 1. The topological polar surface area (TPSA) is 61.9 Å². The molecule has 108 valence electrons. The Bertz CT molecular complexity index is 487. The Hall–Kier alpha value is -2.08. The van der Waals surface area contributed by atoms with Crippen molar-refractivity contribution >= 4 is 11.9 Å². The van der Waals surface area contributed by atoms with Crippen LogP contribution in [0.4, 0.5) is 4.79 Å². The maximum absolute atomic E-state index is 12.0. The van der Waals surface area contributed by atoms with Crippen LogP contribution in [0, 0.1) is 0 Å². The van der Waals surface area contributed by atoms with E-state index in [1.807, 2.05) is 36.2 Å². The summed E-state index contributed by atoms with van der Waals surface area (Å²) < 4.78 is 5.10. The monoisotopic (exact) mass is 277 g/mol. The third-order valence-corrected chi connectivity index (χ3v) is 3.17. The predicted molar refractivity (Wildman–Crippen MR) is 74.4 cm³/mol. The average Bonchev–Trinajstić information content (AvgIpc) is 2.86. The van der Waals surface area contributed by atoms with Gasteiger partial charge in [-0.1, -0.05) is 12.1 Å². The van der Waals surface area contributed by atoms with Crippen LogP contribution in [0.2, 0.25) is 0 Å². The molecule has 3 amide bonds. The van der Waals surface area contributed by atoms with E-state index in [0.29, 0.717) is 19.6 Å². The maximum atomic E-state index is 12.0. The van der Waals surface area contributed by atoms with Gasteiger partial charge in [-0.3, -0.25) is 14.6 Å². The Morgan fingerprint density at radius 1 is 1.40 bits per heavy atom. The van der Waals surface area contributed by atoms with Crippen molar-refractivity contribution < 1.29 is 14.3 Å². The first-order valence-corrected chi connectivity index (χ1v) is 6.50. The van der Waals surface area contributed by atoms with Gasteiger partial charge in [0.25, 0.3) is 0 Å². The van der Waals surface area contributed by atoms with Crippen molar-refractivity contribution in [2.45, 2.75) is 6.54 Å². The molecule has 1 saturated heterocycles. The molecule has 1 aromatic carbocycles. The predicted octanol–water partition coefficient (Wildman–Crippen LogP) is 0.679. The van der Waals surface area contributed by atoms with E-state index < -0.39 is 0 Å². The van der Waals surface area contributed by atoms with E-state index >= 15 is 0 Å². The normalized spacial score (nSPS) is 14.6. The van der Waals surface area contributed by atoms with Crippen LogP contribution in [0.3, 0.4) is 0 Å². The van der Waals surface area contributed by atoms with Crippen molar-refractivity contribution in [1.29, 1.82) is 0 Å². The highest BCUT2D eigenvalue weighted by molar-refractivity contribution is 5.96. The highest BCUT2D eigenvalue weighted by atomic mass is 16.5. The smallest absolute Gasteiger partial charge is 0.324 e. The third kappa shape index (κ3) is 3.48. The molecule has 2 rings (SSSR count). The van der Waals surface area contributed by atoms with Gasteiger partial charge in [0.1, 0.15) is 5.75 Å². The summed E-state index contributed by atoms with van der Waals surface area (Å²) in [7, 11) is 3.48. The number of carbonyl (C=O) groups excluding carboxylic acids is 2. The zero-order valence-electron chi connectivity index (χ0n) is 11.8. The molecule has 0 atom stereocenters. The van der Waals surface area contributed by atoms with E-state index in [9.17, 15) is 9.59 Å². The summed E-state index contributed by atoms with van der Waals surface area (Å²) in [5.41, 5.74) is 1.09. The number of ether oxygens (including phenoxy) is 1. The van der Waals surface area contributed by atoms with E-state index in [-0.39, 0.29) is 18.5 Å². The van der Waals surface area contributed by atoms with Crippen LogP contribution in [0.1, 0.15) is 5.56 Å². The fourth-order valence-electron chi connectivity index (χ4n) is 2.12. The van der Waals surface area contributed by atoms with Gasteiger partial charge >= 0.3 is 6.03 Å². The Kier molecular flexibility index (Phi) is 4.57. The largest absolute Gasteiger partial charge is 0.497 e. The second-order valence-corrected chi connectivity index (χ2v) is 4.80. The van der Waals surface area contributed by atoms with Crippen LogP contribution in [-0.2, 0) is 11.3 Å². The van der Waals surface area contributed by atoms with E-state index in [2.05, 4.69) is 5.32 Å². The number of methoxy groups -OCH3 is 1. The fraction of sp³-hybridized carbons (Fsp3) is 0.429. The Balaban J connectivity index is 1.86. The summed E-state index contributed by atoms with van der Waals surface area (Å²) in [5, 5.41) is 2.62. The Morgan fingerprint density at radius 3 is 2.65 bits per heavy atom. The molecule has 0 radical (unpaired) electrons. The lowest BCUT2D eigenvalue weighted by Gasteiger charge is -2.19. The van der Waals surface area contributed by atoms with Gasteiger partial charge in [0.2, 0.25) is 5.91 Å². The molecule has 0 bridgehead atoms. The number of carbonyl (C=O) groups is 2. The maximum Gasteiger partial charge on any atom is 0.324 e. The summed E-state index contributed by atoms with van der Waals surface area (Å²) in [6, 6.07) is 7.40. The number of likely N-dealkylation sites (N-methyl/N-ethyl adjacent to an activating group) is 1. The summed E-state index contributed by atoms with van der Waals surface area (Å²) >= 11 is 0. The lowest BCUT2D eigenvalue weighted by atomic mass is 10.2. The summed E-state index contributed by atoms with van der Waals surface area (Å²) in [6.07, 6.45) is 0. The van der Waals surface area contributed by atoms with Gasteiger partial charge in [0, 0.05) is 19.6 Å². The molecular weight excluding hydrogens is 258 g/mol. The molecule has 6 nitrogen and oxygen atoms in total. The van der Waals surface area contributed by atoms with Crippen molar-refractivity contribution in [2.75, 3.05) is 33.8 Å². The van der Waals surface area contributed by atoms with Crippen molar-refractivity contribution in [3.8, 4) is 5.75 Å². The molecule has 1 N–H and O–H groups in total. The zero-order valence-corrected chi connectivity index (χ0v) is 11.8. The minimum Gasteiger partial charge on any atom is -0.497 e. The lowest BCUT2D eigenvalue weighted by molar-refractivity contribution is -0.128. The molecule has 1 heterocycles. The van der Waals surface area contributed by atoms with Crippen molar-refractivity contribution in [3.63, 3.8) is 0 Å². The van der Waals surface area contributed by atoms with Gasteiger partial charge in [0.05, 0.1) is 13.7 Å². The summed E-state index contributed by atoms with van der Waals surface area (Å²) in [6.45, 7) is 1.85. The first-order valence-electron chi connectivity index (χ1n) is 6.50. The van der Waals surface area contributed by atoms with Crippen LogP contribution >= 0.6 is 0 Å². The lowest BCUT2D eigenvalue weighted by Crippen LogP contribution is -2.40. The molecular formula is C14H19N3O3. The van der Waals surface area contributed by atoms with E-state index in [4.69, 9.17) is 4.74 Å².